The van der Waals surface area contributed by atoms with E-state index in [1.807, 2.05) is 31.2 Å². The van der Waals surface area contributed by atoms with Crippen molar-refractivity contribution in [2.24, 2.45) is 0 Å². The highest BCUT2D eigenvalue weighted by atomic mass is 79.9. The van der Waals surface area contributed by atoms with Gasteiger partial charge in [-0.2, -0.15) is 0 Å². The van der Waals surface area contributed by atoms with Crippen molar-refractivity contribution < 1.29 is 9.53 Å². The highest BCUT2D eigenvalue weighted by Crippen LogP contribution is 2.25. The molecule has 1 aromatic rings. The highest BCUT2D eigenvalue weighted by molar-refractivity contribution is 9.10. The number of carbonyl (C=O) groups is 1. The van der Waals surface area contributed by atoms with E-state index in [-0.39, 0.29) is 6.09 Å². The summed E-state index contributed by atoms with van der Waals surface area (Å²) in [4.78, 5) is 12.9. The summed E-state index contributed by atoms with van der Waals surface area (Å²) >= 11 is 3.39. The number of hydrogen-bond acceptors (Lipinski definition) is 2. The summed E-state index contributed by atoms with van der Waals surface area (Å²) in [5, 5.41) is 0. The monoisotopic (exact) mass is 257 g/mol. The number of benzene rings is 1. The largest absolute Gasteiger partial charge is 0.452 e. The van der Waals surface area contributed by atoms with Crippen LogP contribution in [0.15, 0.2) is 28.7 Å². The Hall–Kier alpha value is -1.03. The van der Waals surface area contributed by atoms with Gasteiger partial charge < -0.3 is 4.74 Å². The van der Waals surface area contributed by atoms with Gasteiger partial charge in [0.25, 0.3) is 0 Å². The van der Waals surface area contributed by atoms with Crippen LogP contribution in [-0.4, -0.2) is 19.7 Å². The van der Waals surface area contributed by atoms with Gasteiger partial charge in [0, 0.05) is 11.0 Å². The molecule has 1 rings (SSSR count). The van der Waals surface area contributed by atoms with Gasteiger partial charge in [-0.15, -0.1) is 0 Å². The van der Waals surface area contributed by atoms with Crippen molar-refractivity contribution in [3.05, 3.63) is 28.7 Å². The first-order chi connectivity index (χ1) is 6.70. The lowest BCUT2D eigenvalue weighted by Gasteiger charge is -2.20. The minimum Gasteiger partial charge on any atom is -0.452 e. The first-order valence-electron chi connectivity index (χ1n) is 4.30. The fraction of sp³-hybridized carbons (Fsp3) is 0.300. The zero-order valence-corrected chi connectivity index (χ0v) is 9.74. The van der Waals surface area contributed by atoms with Crippen LogP contribution in [0, 0.1) is 0 Å². The van der Waals surface area contributed by atoms with E-state index in [0.29, 0.717) is 6.54 Å². The normalized spacial score (nSPS) is 9.64. The van der Waals surface area contributed by atoms with E-state index < -0.39 is 0 Å². The maximum absolute atomic E-state index is 11.4. The minimum atomic E-state index is -0.348. The van der Waals surface area contributed by atoms with Crippen LogP contribution in [0.5, 0.6) is 0 Å². The van der Waals surface area contributed by atoms with E-state index >= 15 is 0 Å². The van der Waals surface area contributed by atoms with Crippen LogP contribution < -0.4 is 4.90 Å². The van der Waals surface area contributed by atoms with Gasteiger partial charge in [-0.1, -0.05) is 12.1 Å². The fourth-order valence-corrected chi connectivity index (χ4v) is 1.68. The molecule has 0 unspecified atom stereocenters. The quantitative estimate of drug-likeness (QED) is 0.815. The number of methoxy groups -OCH3 is 1. The average Bonchev–Trinajstić information content (AvgIpc) is 2.21. The van der Waals surface area contributed by atoms with Crippen LogP contribution in [0.1, 0.15) is 6.92 Å². The first-order valence-corrected chi connectivity index (χ1v) is 5.10. The molecule has 14 heavy (non-hydrogen) atoms. The Morgan fingerprint density at radius 1 is 1.50 bits per heavy atom. The van der Waals surface area contributed by atoms with Crippen molar-refractivity contribution in [3.8, 4) is 0 Å². The van der Waals surface area contributed by atoms with E-state index in [2.05, 4.69) is 20.7 Å². The maximum Gasteiger partial charge on any atom is 0.414 e. The molecule has 1 amide bonds. The zero-order chi connectivity index (χ0) is 10.6. The summed E-state index contributed by atoms with van der Waals surface area (Å²) in [5.74, 6) is 0. The van der Waals surface area contributed by atoms with Crippen molar-refractivity contribution in [1.29, 1.82) is 0 Å². The molecule has 0 aliphatic rings. The molecule has 4 heteroatoms. The van der Waals surface area contributed by atoms with Gasteiger partial charge in [0.15, 0.2) is 0 Å². The number of nitrogens with zero attached hydrogens (tertiary/aromatic N) is 1. The molecule has 0 bridgehead atoms. The molecule has 0 aliphatic heterocycles. The Balaban J connectivity index is 3.01. The molecule has 0 atom stereocenters. The molecular formula is C10H12BrNO2. The molecule has 0 aliphatic carbocycles. The number of anilines is 1. The number of para-hydroxylation sites is 1. The van der Waals surface area contributed by atoms with E-state index in [1.165, 1.54) is 7.11 Å². The van der Waals surface area contributed by atoms with E-state index in [0.717, 1.165) is 10.2 Å². The number of ether oxygens (including phenoxy) is 1. The van der Waals surface area contributed by atoms with Crippen LogP contribution >= 0.6 is 15.9 Å². The predicted octanol–water partition coefficient (Wildman–Crippen LogP) is 3.04. The molecule has 3 nitrogen and oxygen atoms in total. The Morgan fingerprint density at radius 3 is 2.64 bits per heavy atom. The molecule has 1 aromatic carbocycles. The lowest BCUT2D eigenvalue weighted by atomic mass is 10.3. The van der Waals surface area contributed by atoms with Crippen LogP contribution in [0.3, 0.4) is 0 Å². The predicted molar refractivity (Wildman–Crippen MR) is 59.6 cm³/mol. The van der Waals surface area contributed by atoms with Crippen molar-refractivity contribution >= 4 is 27.7 Å². The molecule has 0 radical (unpaired) electrons. The molecule has 76 valence electrons. The average molecular weight is 258 g/mol. The Labute approximate surface area is 91.8 Å². The second-order valence-electron chi connectivity index (χ2n) is 2.67. The van der Waals surface area contributed by atoms with Gasteiger partial charge in [-0.05, 0) is 35.0 Å². The lowest BCUT2D eigenvalue weighted by molar-refractivity contribution is 0.179. The third-order valence-electron chi connectivity index (χ3n) is 1.85. The second kappa shape index (κ2) is 5.00. The zero-order valence-electron chi connectivity index (χ0n) is 8.16. The van der Waals surface area contributed by atoms with Crippen molar-refractivity contribution in [2.45, 2.75) is 6.92 Å². The smallest absolute Gasteiger partial charge is 0.414 e. The molecule has 0 saturated heterocycles. The number of halogens is 1. The van der Waals surface area contributed by atoms with Crippen molar-refractivity contribution in [2.75, 3.05) is 18.6 Å². The molecule has 0 aromatic heterocycles. The van der Waals surface area contributed by atoms with Crippen LogP contribution in [0.2, 0.25) is 0 Å². The molecule has 0 saturated carbocycles. The summed E-state index contributed by atoms with van der Waals surface area (Å²) < 4.78 is 5.56. The van der Waals surface area contributed by atoms with Crippen LogP contribution in [-0.2, 0) is 4.74 Å². The molecule has 0 spiro atoms. The van der Waals surface area contributed by atoms with Crippen LogP contribution in [0.4, 0.5) is 10.5 Å². The van der Waals surface area contributed by atoms with E-state index in [1.54, 1.807) is 4.90 Å². The van der Waals surface area contributed by atoms with Gasteiger partial charge in [0.1, 0.15) is 0 Å². The lowest BCUT2D eigenvalue weighted by Crippen LogP contribution is -2.30. The van der Waals surface area contributed by atoms with Gasteiger partial charge in [-0.25, -0.2) is 4.79 Å². The van der Waals surface area contributed by atoms with Crippen molar-refractivity contribution in [3.63, 3.8) is 0 Å². The molecule has 0 heterocycles. The second-order valence-corrected chi connectivity index (χ2v) is 3.52. The topological polar surface area (TPSA) is 29.5 Å². The molecule has 0 fully saturated rings. The summed E-state index contributed by atoms with van der Waals surface area (Å²) in [5.41, 5.74) is 0.821. The fourth-order valence-electron chi connectivity index (χ4n) is 1.18. The summed E-state index contributed by atoms with van der Waals surface area (Å²) in [7, 11) is 1.38. The van der Waals surface area contributed by atoms with Gasteiger partial charge in [0.2, 0.25) is 0 Å². The summed E-state index contributed by atoms with van der Waals surface area (Å²) in [6, 6.07) is 7.54. The SMILES string of the molecule is CCN(C(=O)OC)c1ccccc1Br. The third-order valence-corrected chi connectivity index (χ3v) is 2.53. The van der Waals surface area contributed by atoms with Gasteiger partial charge >= 0.3 is 6.09 Å². The number of amides is 1. The Kier molecular flexibility index (Phi) is 3.95. The summed E-state index contributed by atoms with van der Waals surface area (Å²) in [6.45, 7) is 2.48. The van der Waals surface area contributed by atoms with E-state index in [9.17, 15) is 4.79 Å². The minimum absolute atomic E-state index is 0.348. The number of carbonyl (C=O) groups excluding carboxylic acids is 1. The molecule has 0 N–H and O–H groups in total. The first kappa shape index (κ1) is 11.0. The Bertz CT molecular complexity index is 328. The van der Waals surface area contributed by atoms with E-state index in [4.69, 9.17) is 0 Å². The van der Waals surface area contributed by atoms with Crippen molar-refractivity contribution in [1.82, 2.24) is 0 Å². The molecular weight excluding hydrogens is 246 g/mol. The standard InChI is InChI=1S/C10H12BrNO2/c1-3-12(10(13)14-2)9-7-5-4-6-8(9)11/h4-7H,3H2,1-2H3. The van der Waals surface area contributed by atoms with Gasteiger partial charge in [0.05, 0.1) is 12.8 Å². The number of hydrogen-bond donors (Lipinski definition) is 0. The van der Waals surface area contributed by atoms with Crippen LogP contribution in [0.25, 0.3) is 0 Å². The Morgan fingerprint density at radius 2 is 2.14 bits per heavy atom. The maximum atomic E-state index is 11.4. The highest BCUT2D eigenvalue weighted by Gasteiger charge is 2.15. The number of rotatable bonds is 2. The summed E-state index contributed by atoms with van der Waals surface area (Å²) in [6.07, 6.45) is -0.348. The third kappa shape index (κ3) is 2.26. The van der Waals surface area contributed by atoms with Gasteiger partial charge in [-0.3, -0.25) is 4.90 Å².